The van der Waals surface area contributed by atoms with Crippen LogP contribution in [0.4, 0.5) is 0 Å². The van der Waals surface area contributed by atoms with E-state index in [1.54, 1.807) is 0 Å². The molecule has 0 heterocycles. The fraction of sp³-hybridized carbons (Fsp3) is 0.957. The summed E-state index contributed by atoms with van der Waals surface area (Å²) >= 11 is 0. The largest absolute Gasteiger partial charge is 0.465 e. The van der Waals surface area contributed by atoms with Crippen LogP contribution in [0.1, 0.15) is 103 Å². The van der Waals surface area contributed by atoms with Gasteiger partial charge in [0, 0.05) is 12.3 Å². The van der Waals surface area contributed by atoms with Crippen molar-refractivity contribution in [3.8, 4) is 0 Å². The maximum atomic E-state index is 11.8. The predicted octanol–water partition coefficient (Wildman–Crippen LogP) is 3.47. The average molecular weight is 417 g/mol. The van der Waals surface area contributed by atoms with E-state index in [9.17, 15) is 25.2 Å². The number of hydrogen-bond donors (Lipinski definition) is 4. The minimum atomic E-state index is -1.41. The number of carbonyl (C=O) groups is 1. The van der Waals surface area contributed by atoms with Gasteiger partial charge in [0.2, 0.25) is 0 Å². The number of carbonyl (C=O) groups excluding carboxylic acids is 1. The smallest absolute Gasteiger partial charge is 0.305 e. The van der Waals surface area contributed by atoms with Crippen molar-refractivity contribution >= 4 is 5.97 Å². The monoisotopic (exact) mass is 416 g/mol. The standard InChI is InChI=1S/C23H44O6/c1-2-3-4-5-6-7-8-9-10-11-12-13-14-15-20(25)29-17-18-16-19(24)22(27)23(28)21(18)26/h18-19,21-24,26-28H,2-17H2,1H3/t18-,19-,21-,22+,23+/m0/s1. The number of rotatable bonds is 16. The Morgan fingerprint density at radius 3 is 1.72 bits per heavy atom. The minimum Gasteiger partial charge on any atom is -0.465 e. The summed E-state index contributed by atoms with van der Waals surface area (Å²) < 4.78 is 5.19. The molecule has 0 radical (unpaired) electrons. The van der Waals surface area contributed by atoms with Crippen molar-refractivity contribution in [1.82, 2.24) is 0 Å². The van der Waals surface area contributed by atoms with Crippen LogP contribution in [0.3, 0.4) is 0 Å². The van der Waals surface area contributed by atoms with Gasteiger partial charge in [0.25, 0.3) is 0 Å². The third kappa shape index (κ3) is 11.3. The summed E-state index contributed by atoms with van der Waals surface area (Å²) in [6.07, 6.45) is 11.6. The van der Waals surface area contributed by atoms with Crippen LogP contribution in [0.15, 0.2) is 0 Å². The van der Waals surface area contributed by atoms with Gasteiger partial charge in [-0.05, 0) is 12.8 Å². The van der Waals surface area contributed by atoms with Crippen LogP contribution in [0.5, 0.6) is 0 Å². The SMILES string of the molecule is CCCCCCCCCCCCCCCC(=O)OC[C@@H]1C[C@H](O)[C@@H](O)[C@H](O)[C@H]1O. The van der Waals surface area contributed by atoms with E-state index in [0.717, 1.165) is 19.3 Å². The number of aliphatic hydroxyl groups excluding tert-OH is 4. The molecule has 0 aromatic carbocycles. The first-order valence-corrected chi connectivity index (χ1v) is 11.8. The molecule has 0 aromatic heterocycles. The van der Waals surface area contributed by atoms with Crippen molar-refractivity contribution in [2.45, 2.75) is 128 Å². The number of unbranched alkanes of at least 4 members (excludes halogenated alkanes) is 12. The van der Waals surface area contributed by atoms with E-state index in [0.29, 0.717) is 6.42 Å². The molecule has 0 spiro atoms. The first-order chi connectivity index (χ1) is 14.0. The van der Waals surface area contributed by atoms with Crippen molar-refractivity contribution in [1.29, 1.82) is 0 Å². The summed E-state index contributed by atoms with van der Waals surface area (Å²) in [6, 6.07) is 0. The Morgan fingerprint density at radius 1 is 0.724 bits per heavy atom. The van der Waals surface area contributed by atoms with Crippen LogP contribution in [-0.2, 0) is 9.53 Å². The molecular formula is C23H44O6. The fourth-order valence-corrected chi connectivity index (χ4v) is 4.02. The first-order valence-electron chi connectivity index (χ1n) is 11.8. The van der Waals surface area contributed by atoms with Crippen molar-refractivity contribution in [3.63, 3.8) is 0 Å². The Hall–Kier alpha value is -0.690. The molecule has 29 heavy (non-hydrogen) atoms. The van der Waals surface area contributed by atoms with Crippen molar-refractivity contribution in [3.05, 3.63) is 0 Å². The Kier molecular flexibility index (Phi) is 14.6. The molecular weight excluding hydrogens is 372 g/mol. The molecule has 5 atom stereocenters. The molecule has 4 N–H and O–H groups in total. The van der Waals surface area contributed by atoms with Gasteiger partial charge in [-0.15, -0.1) is 0 Å². The van der Waals surface area contributed by atoms with E-state index in [1.807, 2.05) is 0 Å². The molecule has 6 heteroatoms. The minimum absolute atomic E-state index is 0.0424. The van der Waals surface area contributed by atoms with Gasteiger partial charge in [0.1, 0.15) is 12.2 Å². The van der Waals surface area contributed by atoms with Gasteiger partial charge in [-0.2, -0.15) is 0 Å². The normalized spacial score (nSPS) is 27.1. The highest BCUT2D eigenvalue weighted by molar-refractivity contribution is 5.69. The van der Waals surface area contributed by atoms with Crippen LogP contribution in [0.2, 0.25) is 0 Å². The van der Waals surface area contributed by atoms with E-state index in [2.05, 4.69) is 6.92 Å². The molecule has 1 aliphatic carbocycles. The molecule has 0 bridgehead atoms. The summed E-state index contributed by atoms with van der Waals surface area (Å²) in [5, 5.41) is 38.8. The summed E-state index contributed by atoms with van der Waals surface area (Å²) in [5.74, 6) is -0.866. The van der Waals surface area contributed by atoms with Gasteiger partial charge < -0.3 is 25.2 Å². The number of aliphatic hydroxyl groups is 4. The fourth-order valence-electron chi connectivity index (χ4n) is 4.02. The van der Waals surface area contributed by atoms with Gasteiger partial charge in [-0.25, -0.2) is 0 Å². The third-order valence-corrected chi connectivity index (χ3v) is 6.06. The number of hydrogen-bond acceptors (Lipinski definition) is 6. The van der Waals surface area contributed by atoms with Gasteiger partial charge in [0.05, 0.1) is 18.8 Å². The molecule has 1 aliphatic rings. The van der Waals surface area contributed by atoms with Crippen molar-refractivity contribution in [2.75, 3.05) is 6.61 Å². The highest BCUT2D eigenvalue weighted by atomic mass is 16.5. The van der Waals surface area contributed by atoms with Crippen LogP contribution in [-0.4, -0.2) is 57.4 Å². The summed E-state index contributed by atoms with van der Waals surface area (Å²) in [4.78, 5) is 11.8. The quantitative estimate of drug-likeness (QED) is 0.227. The van der Waals surface area contributed by atoms with Crippen molar-refractivity contribution < 1.29 is 30.0 Å². The van der Waals surface area contributed by atoms with Gasteiger partial charge >= 0.3 is 5.97 Å². The lowest BCUT2D eigenvalue weighted by atomic mass is 9.81. The molecule has 0 aromatic rings. The van der Waals surface area contributed by atoms with Crippen LogP contribution in [0.25, 0.3) is 0 Å². The lowest BCUT2D eigenvalue weighted by Crippen LogP contribution is -2.54. The second-order valence-electron chi connectivity index (χ2n) is 8.71. The predicted molar refractivity (Wildman–Crippen MR) is 113 cm³/mol. The molecule has 0 saturated heterocycles. The molecule has 0 amide bonds. The molecule has 0 aliphatic heterocycles. The molecule has 1 rings (SSSR count). The highest BCUT2D eigenvalue weighted by Gasteiger charge is 2.42. The molecule has 1 fully saturated rings. The zero-order valence-electron chi connectivity index (χ0n) is 18.3. The van der Waals surface area contributed by atoms with E-state index in [1.165, 1.54) is 64.2 Å². The Labute approximate surface area is 176 Å². The third-order valence-electron chi connectivity index (χ3n) is 6.06. The first kappa shape index (κ1) is 26.3. The lowest BCUT2D eigenvalue weighted by Gasteiger charge is -2.37. The zero-order valence-corrected chi connectivity index (χ0v) is 18.3. The van der Waals surface area contributed by atoms with Gasteiger partial charge in [-0.3, -0.25) is 4.79 Å². The Bertz CT molecular complexity index is 416. The maximum Gasteiger partial charge on any atom is 0.305 e. The number of esters is 1. The molecule has 0 unspecified atom stereocenters. The number of ether oxygens (including phenoxy) is 1. The topological polar surface area (TPSA) is 107 Å². The van der Waals surface area contributed by atoms with E-state index in [4.69, 9.17) is 4.74 Å². The van der Waals surface area contributed by atoms with Gasteiger partial charge in [-0.1, -0.05) is 84.0 Å². The molecule has 6 nitrogen and oxygen atoms in total. The summed E-state index contributed by atoms with van der Waals surface area (Å²) in [6.45, 7) is 2.20. The van der Waals surface area contributed by atoms with Crippen LogP contribution < -0.4 is 0 Å². The Balaban J connectivity index is 1.93. The van der Waals surface area contributed by atoms with Gasteiger partial charge in [0.15, 0.2) is 0 Å². The molecule has 1 saturated carbocycles. The highest BCUT2D eigenvalue weighted by Crippen LogP contribution is 2.26. The second kappa shape index (κ2) is 16.1. The Morgan fingerprint density at radius 2 is 1.21 bits per heavy atom. The summed E-state index contributed by atoms with van der Waals surface area (Å²) in [7, 11) is 0. The zero-order chi connectivity index (χ0) is 21.5. The lowest BCUT2D eigenvalue weighted by molar-refractivity contribution is -0.172. The average Bonchev–Trinajstić information content (AvgIpc) is 2.71. The van der Waals surface area contributed by atoms with Crippen LogP contribution >= 0.6 is 0 Å². The van der Waals surface area contributed by atoms with E-state index >= 15 is 0 Å². The maximum absolute atomic E-state index is 11.8. The van der Waals surface area contributed by atoms with Crippen molar-refractivity contribution in [2.24, 2.45) is 5.92 Å². The second-order valence-corrected chi connectivity index (χ2v) is 8.71. The molecule has 172 valence electrons. The van der Waals surface area contributed by atoms with Crippen LogP contribution in [0, 0.1) is 5.92 Å². The summed E-state index contributed by atoms with van der Waals surface area (Å²) in [5.41, 5.74) is 0. The van der Waals surface area contributed by atoms with E-state index in [-0.39, 0.29) is 19.0 Å². The van der Waals surface area contributed by atoms with E-state index < -0.39 is 30.3 Å².